The maximum atomic E-state index is 13.2. The lowest BCUT2D eigenvalue weighted by molar-refractivity contribution is -0.137. The van der Waals surface area contributed by atoms with Crippen molar-refractivity contribution in [2.24, 2.45) is 4.99 Å². The Labute approximate surface area is 244 Å². The summed E-state index contributed by atoms with van der Waals surface area (Å²) in [4.78, 5) is 5.59. The largest absolute Gasteiger partial charge is 0.417 e. The van der Waals surface area contributed by atoms with Crippen molar-refractivity contribution < 1.29 is 18.3 Å². The number of nitrogens with one attached hydrogen (secondary N) is 1. The predicted octanol–water partition coefficient (Wildman–Crippen LogP) is 9.65. The molecule has 8 heteroatoms. The molecule has 0 heterocycles. The van der Waals surface area contributed by atoms with Crippen LogP contribution < -0.4 is 5.32 Å². The van der Waals surface area contributed by atoms with E-state index in [-0.39, 0.29) is 10.7 Å². The Kier molecular flexibility index (Phi) is 13.3. The van der Waals surface area contributed by atoms with Crippen LogP contribution in [0.4, 0.5) is 18.9 Å². The third-order valence-corrected chi connectivity index (χ3v) is 6.96. The number of aliphatic imine (C=N–C) groups is 1. The van der Waals surface area contributed by atoms with Gasteiger partial charge in [-0.15, -0.1) is 0 Å². The Morgan fingerprint density at radius 1 is 0.800 bits per heavy atom. The van der Waals surface area contributed by atoms with Gasteiger partial charge >= 0.3 is 6.18 Å². The highest BCUT2D eigenvalue weighted by molar-refractivity contribution is 8.14. The molecule has 0 aromatic heterocycles. The number of hydrogen-bond acceptors (Lipinski definition) is 3. The van der Waals surface area contributed by atoms with Gasteiger partial charge in [0.15, 0.2) is 5.17 Å². The van der Waals surface area contributed by atoms with Crippen LogP contribution in [0.15, 0.2) is 101 Å². The first kappa shape index (κ1) is 32.9. The summed E-state index contributed by atoms with van der Waals surface area (Å²) in [7, 11) is 1.00. The van der Waals surface area contributed by atoms with Crippen LogP contribution in [0.1, 0.15) is 33.4 Å². The van der Waals surface area contributed by atoms with Crippen molar-refractivity contribution in [1.29, 1.82) is 0 Å². The molecule has 0 saturated carbocycles. The molecule has 2 N–H and O–H groups in total. The highest BCUT2D eigenvalue weighted by atomic mass is 35.5. The van der Waals surface area contributed by atoms with Crippen LogP contribution in [0.25, 0.3) is 0 Å². The quantitative estimate of drug-likeness (QED) is 0.142. The second-order valence-electron chi connectivity index (χ2n) is 8.95. The highest BCUT2D eigenvalue weighted by Crippen LogP contribution is 2.36. The molecule has 0 radical (unpaired) electrons. The number of anilines is 1. The highest BCUT2D eigenvalue weighted by Gasteiger charge is 2.33. The van der Waals surface area contributed by atoms with Crippen molar-refractivity contribution in [2.75, 3.05) is 12.4 Å². The van der Waals surface area contributed by atoms with Crippen molar-refractivity contribution in [3.8, 4) is 0 Å². The van der Waals surface area contributed by atoms with E-state index < -0.39 is 11.7 Å². The van der Waals surface area contributed by atoms with E-state index in [1.54, 1.807) is 0 Å². The van der Waals surface area contributed by atoms with Crippen LogP contribution >= 0.6 is 23.4 Å². The lowest BCUT2D eigenvalue weighted by Crippen LogP contribution is -2.11. The molecule has 0 aliphatic carbocycles. The average Bonchev–Trinajstić information content (AvgIpc) is 2.93. The van der Waals surface area contributed by atoms with Gasteiger partial charge in [-0.2, -0.15) is 13.2 Å². The standard InChI is InChI=1S/C23H20ClF3N2S.C8H10.CH4O/c1-15-8-11-21(16(2)12-15)30-22(28-14-17-6-4-3-5-7-17)29-18-9-10-20(24)19(13-18)23(25,26)27;1-7-3-5-8(2)6-4-7;1-2/h3-13H,14H2,1-2H3,(H,28,29);3-6H,1-2H3;2H,1H3. The number of amidine groups is 1. The summed E-state index contributed by atoms with van der Waals surface area (Å²) < 4.78 is 39.7. The summed E-state index contributed by atoms with van der Waals surface area (Å²) >= 11 is 7.12. The number of halogens is 4. The second kappa shape index (κ2) is 16.1. The third kappa shape index (κ3) is 11.1. The van der Waals surface area contributed by atoms with Gasteiger partial charge in [-0.3, -0.25) is 4.99 Å². The maximum Gasteiger partial charge on any atom is 0.417 e. The smallest absolute Gasteiger partial charge is 0.400 e. The van der Waals surface area contributed by atoms with Crippen molar-refractivity contribution >= 4 is 34.2 Å². The molecule has 4 rings (SSSR count). The summed E-state index contributed by atoms with van der Waals surface area (Å²) in [6.07, 6.45) is -4.53. The van der Waals surface area contributed by atoms with E-state index in [0.717, 1.165) is 34.8 Å². The van der Waals surface area contributed by atoms with Gasteiger partial charge in [-0.25, -0.2) is 0 Å². The number of nitrogens with zero attached hydrogens (tertiary/aromatic N) is 1. The van der Waals surface area contributed by atoms with Crippen molar-refractivity contribution in [3.63, 3.8) is 0 Å². The molecule has 0 saturated heterocycles. The number of benzene rings is 4. The number of hydrogen-bond donors (Lipinski definition) is 2. The lowest BCUT2D eigenvalue weighted by Gasteiger charge is -2.15. The summed E-state index contributed by atoms with van der Waals surface area (Å²) in [6, 6.07) is 27.9. The summed E-state index contributed by atoms with van der Waals surface area (Å²) in [5, 5.41) is 10.2. The molecule has 0 aliphatic heterocycles. The second-order valence-corrected chi connectivity index (χ2v) is 10.4. The van der Waals surface area contributed by atoms with Crippen LogP contribution in [0.2, 0.25) is 5.02 Å². The minimum Gasteiger partial charge on any atom is -0.400 e. The Bertz CT molecular complexity index is 1350. The van der Waals surface area contributed by atoms with E-state index >= 15 is 0 Å². The summed E-state index contributed by atoms with van der Waals surface area (Å²) in [5.74, 6) is 0. The SMILES string of the molecule is CO.Cc1ccc(C)cc1.Cc1ccc(SC(=NCc2ccccc2)Nc2ccc(Cl)c(C(F)(F)F)c2)c(C)c1. The van der Waals surface area contributed by atoms with Gasteiger partial charge in [0.2, 0.25) is 0 Å². The molecule has 40 heavy (non-hydrogen) atoms. The van der Waals surface area contributed by atoms with Gasteiger partial charge in [0, 0.05) is 17.7 Å². The average molecular weight is 587 g/mol. The van der Waals surface area contributed by atoms with Crippen LogP contribution in [0.3, 0.4) is 0 Å². The minimum atomic E-state index is -4.53. The first-order chi connectivity index (χ1) is 19.0. The zero-order valence-corrected chi connectivity index (χ0v) is 24.8. The fourth-order valence-corrected chi connectivity index (χ4v) is 4.53. The minimum absolute atomic E-state index is 0.274. The van der Waals surface area contributed by atoms with E-state index in [1.807, 2.05) is 56.3 Å². The van der Waals surface area contributed by atoms with Crippen molar-refractivity contribution in [1.82, 2.24) is 0 Å². The van der Waals surface area contributed by atoms with Crippen LogP contribution in [0, 0.1) is 27.7 Å². The number of rotatable bonds is 4. The zero-order valence-electron chi connectivity index (χ0n) is 23.2. The fraction of sp³-hybridized carbons (Fsp3) is 0.219. The van der Waals surface area contributed by atoms with E-state index in [2.05, 4.69) is 54.5 Å². The van der Waals surface area contributed by atoms with Gasteiger partial charge in [-0.1, -0.05) is 107 Å². The molecular formula is C32H34ClF3N2OS. The number of alkyl halides is 3. The Balaban J connectivity index is 0.000000475. The molecule has 0 bridgehead atoms. The number of aryl methyl sites for hydroxylation is 4. The van der Waals surface area contributed by atoms with Gasteiger partial charge < -0.3 is 10.4 Å². The molecule has 0 fully saturated rings. The Morgan fingerprint density at radius 2 is 1.38 bits per heavy atom. The first-order valence-corrected chi connectivity index (χ1v) is 13.7. The molecule has 0 unspecified atom stereocenters. The van der Waals surface area contributed by atoms with Gasteiger partial charge in [0.05, 0.1) is 17.1 Å². The van der Waals surface area contributed by atoms with Gasteiger partial charge in [-0.05, 0) is 63.1 Å². The number of aliphatic hydroxyl groups is 1. The maximum absolute atomic E-state index is 13.2. The van der Waals surface area contributed by atoms with E-state index in [1.165, 1.54) is 35.0 Å². The van der Waals surface area contributed by atoms with E-state index in [0.29, 0.717) is 11.7 Å². The molecule has 0 aliphatic rings. The molecule has 212 valence electrons. The Hall–Kier alpha value is -3.26. The predicted molar refractivity (Wildman–Crippen MR) is 163 cm³/mol. The first-order valence-electron chi connectivity index (χ1n) is 12.5. The third-order valence-electron chi connectivity index (χ3n) is 5.53. The molecule has 3 nitrogen and oxygen atoms in total. The van der Waals surface area contributed by atoms with E-state index in [9.17, 15) is 13.2 Å². The molecule has 0 atom stereocenters. The van der Waals surface area contributed by atoms with Gasteiger partial charge in [0.1, 0.15) is 0 Å². The normalized spacial score (nSPS) is 11.1. The van der Waals surface area contributed by atoms with Crippen LogP contribution in [-0.2, 0) is 12.7 Å². The molecule has 4 aromatic rings. The van der Waals surface area contributed by atoms with Crippen molar-refractivity contribution in [2.45, 2.75) is 45.3 Å². The number of thioether (sulfide) groups is 1. The summed E-state index contributed by atoms with van der Waals surface area (Å²) in [6.45, 7) is 8.60. The molecule has 0 amide bonds. The monoisotopic (exact) mass is 586 g/mol. The molecular weight excluding hydrogens is 553 g/mol. The lowest BCUT2D eigenvalue weighted by atomic mass is 10.2. The van der Waals surface area contributed by atoms with Crippen LogP contribution in [0.5, 0.6) is 0 Å². The summed E-state index contributed by atoms with van der Waals surface area (Å²) in [5.41, 5.74) is 5.27. The zero-order chi connectivity index (χ0) is 29.7. The molecule has 4 aromatic carbocycles. The van der Waals surface area contributed by atoms with E-state index in [4.69, 9.17) is 16.7 Å². The topological polar surface area (TPSA) is 44.6 Å². The van der Waals surface area contributed by atoms with Gasteiger partial charge in [0.25, 0.3) is 0 Å². The number of aliphatic hydroxyl groups excluding tert-OH is 1. The van der Waals surface area contributed by atoms with Crippen LogP contribution in [-0.4, -0.2) is 17.4 Å². The Morgan fingerprint density at radius 3 is 1.93 bits per heavy atom. The molecule has 0 spiro atoms. The fourth-order valence-electron chi connectivity index (χ4n) is 3.44. The van der Waals surface area contributed by atoms with Crippen molar-refractivity contribution in [3.05, 3.63) is 129 Å².